The zero-order chi connectivity index (χ0) is 22.8. The highest BCUT2D eigenvalue weighted by Gasteiger charge is 2.18. The fourth-order valence-corrected chi connectivity index (χ4v) is 3.36. The molecule has 0 spiro atoms. The van der Waals surface area contributed by atoms with E-state index in [0.717, 1.165) is 28.7 Å². The third-order valence-corrected chi connectivity index (χ3v) is 4.98. The second-order valence-electron chi connectivity index (χ2n) is 7.19. The minimum atomic E-state index is -0.743. The van der Waals surface area contributed by atoms with Crippen LogP contribution in [-0.2, 0) is 13.2 Å². The van der Waals surface area contributed by atoms with Gasteiger partial charge in [-0.15, -0.1) is 0 Å². The lowest BCUT2D eigenvalue weighted by Gasteiger charge is -2.08. The highest BCUT2D eigenvalue weighted by atomic mass is 19.1. The smallest absolute Gasteiger partial charge is 0.182 e. The molecule has 0 aliphatic heterocycles. The molecular formula is C23H17F2N7O. The lowest BCUT2D eigenvalue weighted by molar-refractivity contribution is 0.305. The van der Waals surface area contributed by atoms with Crippen LogP contribution < -0.4 is 10.5 Å². The quantitative estimate of drug-likeness (QED) is 0.424. The van der Waals surface area contributed by atoms with E-state index in [4.69, 9.17) is 10.5 Å². The van der Waals surface area contributed by atoms with Crippen LogP contribution in [0.5, 0.6) is 5.75 Å². The van der Waals surface area contributed by atoms with E-state index < -0.39 is 11.6 Å². The first-order valence-electron chi connectivity index (χ1n) is 9.98. The van der Waals surface area contributed by atoms with Crippen molar-refractivity contribution in [2.45, 2.75) is 13.2 Å². The highest BCUT2D eigenvalue weighted by molar-refractivity contribution is 5.91. The number of para-hydroxylation sites is 1. The predicted octanol–water partition coefficient (Wildman–Crippen LogP) is 3.77. The molecule has 5 aromatic rings. The Kier molecular flexibility index (Phi) is 5.31. The summed E-state index contributed by atoms with van der Waals surface area (Å²) in [5.74, 6) is -0.674. The van der Waals surface area contributed by atoms with E-state index in [-0.39, 0.29) is 18.1 Å². The molecule has 0 unspecified atom stereocenters. The van der Waals surface area contributed by atoms with E-state index in [0.29, 0.717) is 23.9 Å². The first-order valence-corrected chi connectivity index (χ1v) is 9.98. The number of halogens is 2. The van der Waals surface area contributed by atoms with Gasteiger partial charge in [0.05, 0.1) is 30.1 Å². The molecule has 33 heavy (non-hydrogen) atoms. The van der Waals surface area contributed by atoms with E-state index in [1.165, 1.54) is 6.20 Å². The third kappa shape index (κ3) is 4.18. The molecule has 4 heterocycles. The summed E-state index contributed by atoms with van der Waals surface area (Å²) >= 11 is 0. The first kappa shape index (κ1) is 20.4. The van der Waals surface area contributed by atoms with Gasteiger partial charge in [-0.25, -0.2) is 18.7 Å². The molecule has 0 saturated heterocycles. The molecule has 0 fully saturated rings. The van der Waals surface area contributed by atoms with Crippen LogP contribution in [0, 0.1) is 11.6 Å². The molecule has 0 atom stereocenters. The molecule has 4 aromatic heterocycles. The number of aromatic nitrogens is 6. The number of rotatable bonds is 6. The van der Waals surface area contributed by atoms with Crippen LogP contribution in [-0.4, -0.2) is 29.7 Å². The van der Waals surface area contributed by atoms with Crippen molar-refractivity contribution in [1.82, 2.24) is 29.7 Å². The van der Waals surface area contributed by atoms with Gasteiger partial charge in [0.25, 0.3) is 0 Å². The molecule has 0 aliphatic carbocycles. The van der Waals surface area contributed by atoms with Gasteiger partial charge in [0.15, 0.2) is 17.4 Å². The number of nitrogen functional groups attached to an aromatic ring is 1. The second-order valence-corrected chi connectivity index (χ2v) is 7.19. The number of nitrogens with two attached hydrogens (primary N) is 1. The van der Waals surface area contributed by atoms with E-state index >= 15 is 0 Å². The zero-order valence-electron chi connectivity index (χ0n) is 17.2. The summed E-state index contributed by atoms with van der Waals surface area (Å²) in [6, 6.07) is 11.8. The maximum atomic E-state index is 14.2. The summed E-state index contributed by atoms with van der Waals surface area (Å²) in [5, 5.41) is 5.33. The van der Waals surface area contributed by atoms with Gasteiger partial charge >= 0.3 is 0 Å². The Labute approximate surface area is 186 Å². The van der Waals surface area contributed by atoms with Gasteiger partial charge < -0.3 is 10.5 Å². The molecule has 0 radical (unpaired) electrons. The number of hydrogen-bond acceptors (Lipinski definition) is 7. The Morgan fingerprint density at radius 2 is 1.82 bits per heavy atom. The summed E-state index contributed by atoms with van der Waals surface area (Å²) in [5.41, 5.74) is 8.30. The van der Waals surface area contributed by atoms with Crippen LogP contribution in [0.4, 0.5) is 14.6 Å². The van der Waals surface area contributed by atoms with Crippen molar-refractivity contribution in [3.05, 3.63) is 90.1 Å². The molecule has 1 aromatic carbocycles. The topological polar surface area (TPSA) is 105 Å². The number of hydrogen-bond donors (Lipinski definition) is 1. The fraction of sp³-hybridized carbons (Fsp3) is 0.0870. The van der Waals surface area contributed by atoms with Crippen molar-refractivity contribution in [1.29, 1.82) is 0 Å². The number of anilines is 1. The van der Waals surface area contributed by atoms with Gasteiger partial charge in [-0.2, -0.15) is 5.10 Å². The Bertz CT molecular complexity index is 1440. The van der Waals surface area contributed by atoms with Crippen molar-refractivity contribution in [3.8, 4) is 17.3 Å². The molecule has 0 amide bonds. The average Bonchev–Trinajstić information content (AvgIpc) is 3.19. The Hall–Kier alpha value is -4.47. The van der Waals surface area contributed by atoms with Crippen LogP contribution in [0.3, 0.4) is 0 Å². The molecular weight excluding hydrogens is 428 g/mol. The maximum Gasteiger partial charge on any atom is 0.182 e. The number of benzene rings is 1. The molecule has 5 rings (SSSR count). The summed E-state index contributed by atoms with van der Waals surface area (Å²) in [6.07, 6.45) is 5.82. The van der Waals surface area contributed by atoms with E-state index in [9.17, 15) is 8.78 Å². The number of pyridine rings is 2. The standard InChI is InChI=1S/C23H17F2N7O/c24-15-9-17(25)18(28-10-15)12-32-19-4-2-1-3-16(19)21(31-32)23-29-11-20(22(26)30-23)33-13-14-5-7-27-8-6-14/h1-11H,12-13H2,(H2,26,29,30). The van der Waals surface area contributed by atoms with E-state index in [1.54, 1.807) is 17.1 Å². The molecule has 164 valence electrons. The summed E-state index contributed by atoms with van der Waals surface area (Å²) in [6.45, 7) is 0.304. The zero-order valence-corrected chi connectivity index (χ0v) is 17.2. The van der Waals surface area contributed by atoms with Gasteiger partial charge in [0.1, 0.15) is 23.9 Å². The maximum absolute atomic E-state index is 14.2. The monoisotopic (exact) mass is 445 g/mol. The largest absolute Gasteiger partial charge is 0.483 e. The van der Waals surface area contributed by atoms with Crippen molar-refractivity contribution in [2.24, 2.45) is 0 Å². The molecule has 10 heteroatoms. The summed E-state index contributed by atoms with van der Waals surface area (Å²) < 4.78 is 34.7. The van der Waals surface area contributed by atoms with Crippen LogP contribution in [0.25, 0.3) is 22.4 Å². The Balaban J connectivity index is 1.46. The normalized spacial score (nSPS) is 11.1. The van der Waals surface area contributed by atoms with E-state index in [2.05, 4.69) is 25.0 Å². The second kappa shape index (κ2) is 8.58. The van der Waals surface area contributed by atoms with Gasteiger partial charge in [-0.05, 0) is 23.8 Å². The molecule has 0 aliphatic rings. The summed E-state index contributed by atoms with van der Waals surface area (Å²) in [7, 11) is 0. The van der Waals surface area contributed by atoms with Crippen LogP contribution >= 0.6 is 0 Å². The average molecular weight is 445 g/mol. The molecule has 0 bridgehead atoms. The van der Waals surface area contributed by atoms with Crippen LogP contribution in [0.15, 0.2) is 67.3 Å². The molecule has 0 saturated carbocycles. The summed E-state index contributed by atoms with van der Waals surface area (Å²) in [4.78, 5) is 16.6. The minimum absolute atomic E-state index is 0.00916. The van der Waals surface area contributed by atoms with Crippen LogP contribution in [0.1, 0.15) is 11.3 Å². The lowest BCUT2D eigenvalue weighted by atomic mass is 10.2. The minimum Gasteiger partial charge on any atom is -0.483 e. The highest BCUT2D eigenvalue weighted by Crippen LogP contribution is 2.29. The van der Waals surface area contributed by atoms with Crippen LogP contribution in [0.2, 0.25) is 0 Å². The molecule has 2 N–H and O–H groups in total. The van der Waals surface area contributed by atoms with Crippen molar-refractivity contribution >= 4 is 16.7 Å². The van der Waals surface area contributed by atoms with Gasteiger partial charge in [0.2, 0.25) is 0 Å². The van der Waals surface area contributed by atoms with Gasteiger partial charge in [0, 0.05) is 23.8 Å². The first-order chi connectivity index (χ1) is 16.1. The fourth-order valence-electron chi connectivity index (χ4n) is 3.36. The molecule has 8 nitrogen and oxygen atoms in total. The number of fused-ring (bicyclic) bond motifs is 1. The lowest BCUT2D eigenvalue weighted by Crippen LogP contribution is -2.07. The number of nitrogens with zero attached hydrogens (tertiary/aromatic N) is 6. The Morgan fingerprint density at radius 1 is 1.00 bits per heavy atom. The third-order valence-electron chi connectivity index (χ3n) is 4.98. The van der Waals surface area contributed by atoms with Gasteiger partial charge in [-0.3, -0.25) is 14.6 Å². The Morgan fingerprint density at radius 3 is 2.61 bits per heavy atom. The SMILES string of the molecule is Nc1nc(-c2nn(Cc3ncc(F)cc3F)c3ccccc23)ncc1OCc1ccncc1. The van der Waals surface area contributed by atoms with Crippen molar-refractivity contribution in [3.63, 3.8) is 0 Å². The van der Waals surface area contributed by atoms with Crippen molar-refractivity contribution in [2.75, 3.05) is 5.73 Å². The van der Waals surface area contributed by atoms with Crippen molar-refractivity contribution < 1.29 is 13.5 Å². The van der Waals surface area contributed by atoms with E-state index in [1.807, 2.05) is 36.4 Å². The predicted molar refractivity (Wildman–Crippen MR) is 117 cm³/mol. The van der Waals surface area contributed by atoms with Gasteiger partial charge in [-0.1, -0.05) is 18.2 Å². The number of ether oxygens (including phenoxy) is 1.